The molecule has 0 fully saturated rings. The van der Waals surface area contributed by atoms with E-state index in [0.29, 0.717) is 11.4 Å². The quantitative estimate of drug-likeness (QED) is 0.127. The van der Waals surface area contributed by atoms with Crippen LogP contribution in [0.5, 0.6) is 0 Å². The molecule has 27 aromatic rings. The Balaban J connectivity index is 0.000000106. The van der Waals surface area contributed by atoms with Crippen LogP contribution in [-0.4, -0.2) is 29.9 Å². The second-order valence-corrected chi connectivity index (χ2v) is 40.5. The molecule has 0 saturated carbocycles. The Morgan fingerprint density at radius 2 is 0.597 bits per heavy atom. The van der Waals surface area contributed by atoms with Crippen molar-refractivity contribution in [2.24, 2.45) is 0 Å². The SMILES string of the molecule is CC1(C)c2ccccc2-c2ccc3cc(-c4nc(-c5ccc6ccccc6c5)c5oc6ccccc6c5n4)ccc3c21.c1ccc(-c2nc(-c3ccc4cc5c(cc4c3)C(c3ccccc3)(c3ccccc3)c3ccccc3-5)nc3c2sc2ccccc23)cc1.c1ccc(-c2nc(-c3cccc(-c4cccc5cc6c(cc45)-c4ccccc4C6(c4ccccc4)c4ccccc4)c3)nc3c2sc2ccccc23)cc1. The van der Waals surface area contributed by atoms with E-state index in [9.17, 15) is 0 Å². The summed E-state index contributed by atoms with van der Waals surface area (Å²) < 4.78 is 11.1. The molecular weight excluding hydrogens is 1790 g/mol. The van der Waals surface area contributed by atoms with Gasteiger partial charge in [0, 0.05) is 64.4 Å². The Hall–Kier alpha value is -17.9. The van der Waals surface area contributed by atoms with Gasteiger partial charge in [0.2, 0.25) is 0 Å². The minimum Gasteiger partial charge on any atom is -0.452 e. The van der Waals surface area contributed by atoms with Gasteiger partial charge in [0.05, 0.1) is 42.7 Å². The van der Waals surface area contributed by atoms with Gasteiger partial charge < -0.3 is 4.42 Å². The van der Waals surface area contributed by atoms with Crippen LogP contribution in [0.25, 0.3) is 218 Å². The lowest BCUT2D eigenvalue weighted by atomic mass is 9.67. The van der Waals surface area contributed by atoms with Crippen LogP contribution in [0.2, 0.25) is 0 Å². The van der Waals surface area contributed by atoms with Gasteiger partial charge in [0.15, 0.2) is 23.1 Å². The van der Waals surface area contributed by atoms with Gasteiger partial charge in [0.1, 0.15) is 16.8 Å². The Bertz CT molecular complexity index is 9810. The first-order chi connectivity index (χ1) is 71.1. The zero-order valence-corrected chi connectivity index (χ0v) is 80.2. The zero-order chi connectivity index (χ0) is 95.3. The van der Waals surface area contributed by atoms with E-state index < -0.39 is 10.8 Å². The maximum absolute atomic E-state index is 6.39. The van der Waals surface area contributed by atoms with Gasteiger partial charge in [-0.2, -0.15) is 0 Å². The first-order valence-corrected chi connectivity index (χ1v) is 50.8. The topological polar surface area (TPSA) is 90.5 Å². The summed E-state index contributed by atoms with van der Waals surface area (Å²) in [6.07, 6.45) is 0. The predicted molar refractivity (Wildman–Crippen MR) is 599 cm³/mol. The first kappa shape index (κ1) is 84.2. The lowest BCUT2D eigenvalue weighted by Crippen LogP contribution is -2.28. The molecule has 0 saturated heterocycles. The fourth-order valence-electron chi connectivity index (χ4n) is 23.7. The van der Waals surface area contributed by atoms with Gasteiger partial charge in [-0.1, -0.05) is 426 Å². The third-order valence-electron chi connectivity index (χ3n) is 30.1. The van der Waals surface area contributed by atoms with E-state index in [-0.39, 0.29) is 5.41 Å². The van der Waals surface area contributed by atoms with Crippen molar-refractivity contribution in [2.75, 3.05) is 0 Å². The summed E-state index contributed by atoms with van der Waals surface area (Å²) in [6, 6.07) is 175. The third-order valence-corrected chi connectivity index (χ3v) is 32.5. The summed E-state index contributed by atoms with van der Waals surface area (Å²) in [5, 5.41) is 13.0. The monoisotopic (exact) mass is 1870 g/mol. The molecule has 0 bridgehead atoms. The largest absolute Gasteiger partial charge is 0.452 e. The molecule has 0 aliphatic heterocycles. The number of aromatic nitrogens is 6. The van der Waals surface area contributed by atoms with Gasteiger partial charge in [0.25, 0.3) is 0 Å². The van der Waals surface area contributed by atoms with Crippen molar-refractivity contribution in [1.29, 1.82) is 0 Å². The number of hydrogen-bond acceptors (Lipinski definition) is 9. The highest BCUT2D eigenvalue weighted by Gasteiger charge is 2.48. The summed E-state index contributed by atoms with van der Waals surface area (Å²) in [7, 11) is 0. The molecule has 0 spiro atoms. The number of fused-ring (bicyclic) bond motifs is 23. The van der Waals surface area contributed by atoms with Gasteiger partial charge in [-0.3, -0.25) is 0 Å². The normalized spacial score (nSPS) is 13.2. The van der Waals surface area contributed by atoms with E-state index in [1.54, 1.807) is 22.7 Å². The molecule has 0 amide bonds. The van der Waals surface area contributed by atoms with Crippen molar-refractivity contribution >= 4 is 128 Å². The maximum atomic E-state index is 6.39. The van der Waals surface area contributed by atoms with Crippen molar-refractivity contribution in [3.8, 4) is 112 Å². The highest BCUT2D eigenvalue weighted by molar-refractivity contribution is 7.26. The molecule has 6 aromatic heterocycles. The van der Waals surface area contributed by atoms with Crippen LogP contribution in [-0.2, 0) is 16.2 Å². The molecule has 6 heterocycles. The van der Waals surface area contributed by atoms with Crippen molar-refractivity contribution in [3.63, 3.8) is 0 Å². The molecule has 0 radical (unpaired) electrons. The molecule has 3 aliphatic carbocycles. The van der Waals surface area contributed by atoms with Crippen LogP contribution >= 0.6 is 22.7 Å². The molecule has 7 nitrogen and oxygen atoms in total. The lowest BCUT2D eigenvalue weighted by molar-refractivity contribution is 0.666. The van der Waals surface area contributed by atoms with E-state index in [1.165, 1.54) is 158 Å². The van der Waals surface area contributed by atoms with Crippen molar-refractivity contribution in [3.05, 3.63) is 541 Å². The maximum Gasteiger partial charge on any atom is 0.180 e. The Kier molecular flexibility index (Phi) is 19.7. The number of hydrogen-bond donors (Lipinski definition) is 0. The fourth-order valence-corrected chi connectivity index (χ4v) is 26.0. The van der Waals surface area contributed by atoms with Gasteiger partial charge in [-0.25, -0.2) is 29.9 Å². The van der Waals surface area contributed by atoms with Crippen LogP contribution in [0.15, 0.2) is 490 Å². The van der Waals surface area contributed by atoms with Crippen LogP contribution in [0.1, 0.15) is 69.5 Å². The first-order valence-electron chi connectivity index (χ1n) is 49.2. The van der Waals surface area contributed by atoms with Gasteiger partial charge >= 0.3 is 0 Å². The fraction of sp³-hybridized carbons (Fsp3) is 0.0370. The molecular formula is C135H86N6OS2. The minimum atomic E-state index is -0.440. The minimum absolute atomic E-state index is 0.0681. The van der Waals surface area contributed by atoms with Crippen molar-refractivity contribution in [2.45, 2.75) is 30.1 Å². The second-order valence-electron chi connectivity index (χ2n) is 38.4. The molecule has 21 aromatic carbocycles. The summed E-state index contributed by atoms with van der Waals surface area (Å²) in [4.78, 5) is 31.4. The zero-order valence-electron chi connectivity index (χ0n) is 78.6. The van der Waals surface area contributed by atoms with Crippen molar-refractivity contribution < 1.29 is 4.42 Å². The van der Waals surface area contributed by atoms with E-state index in [2.05, 4.69) is 481 Å². The summed E-state index contributed by atoms with van der Waals surface area (Å²) in [6.45, 7) is 4.67. The Morgan fingerprint density at radius 3 is 1.19 bits per heavy atom. The Morgan fingerprint density at radius 1 is 0.208 bits per heavy atom. The highest BCUT2D eigenvalue weighted by atomic mass is 32.1. The smallest absolute Gasteiger partial charge is 0.180 e. The molecule has 0 atom stereocenters. The number of thiophene rings is 2. The average Bonchev–Trinajstić information content (AvgIpc) is 1.53. The third kappa shape index (κ3) is 13.4. The highest BCUT2D eigenvalue weighted by Crippen LogP contribution is 2.61. The van der Waals surface area contributed by atoms with E-state index in [4.69, 9.17) is 34.3 Å². The van der Waals surface area contributed by atoms with E-state index in [0.717, 1.165) is 105 Å². The summed E-state index contributed by atoms with van der Waals surface area (Å²) in [5.74, 6) is 2.17. The van der Waals surface area contributed by atoms with Crippen LogP contribution < -0.4 is 0 Å². The predicted octanol–water partition coefficient (Wildman–Crippen LogP) is 35.4. The second kappa shape index (κ2) is 33.7. The standard InChI is InChI=1S/C51H32N2S.C45H28N2S.C39H26N2O/c1-4-16-33(17-5-1)47-49-48(41-26-11-13-29-46(41)54-49)53-50(52-47)36-20-14-18-34(30-36)39-27-15-19-35-31-45-43(32-42(35)39)40-25-10-12-28-44(40)51(45,37-21-6-2-7-22-37)38-23-8-3-9-24-38;1-4-14-29(15-5-1)41-43-42(36-21-11-13-23-40(36)48-43)47-44(46-41)31-25-24-30-27-37-35-20-10-12-22-38(35)45(33-16-6-2-7-17-33,34-18-8-3-9-19-34)39(37)28-32(30)26-31;1-39(2)32-13-7-5-11-29(32)30-20-17-25-22-27(18-19-28(25)34(30)39)38-40-35(26-16-15-23-9-3-4-10-24(23)21-26)37-36(41-38)31-12-6-8-14-33(31)42-37/h1-32H;1-28H;3-22H,1-2H3. The average molecular weight is 1870 g/mol. The molecule has 9 heteroatoms. The van der Waals surface area contributed by atoms with Gasteiger partial charge in [-0.15, -0.1) is 22.7 Å². The number of benzene rings is 21. The summed E-state index contributed by atoms with van der Waals surface area (Å²) >= 11 is 3.53. The molecule has 674 valence electrons. The van der Waals surface area contributed by atoms with E-state index >= 15 is 0 Å². The lowest BCUT2D eigenvalue weighted by Gasteiger charge is -2.34. The molecule has 3 aliphatic rings. The van der Waals surface area contributed by atoms with Crippen LogP contribution in [0, 0.1) is 0 Å². The van der Waals surface area contributed by atoms with Crippen LogP contribution in [0.4, 0.5) is 0 Å². The van der Waals surface area contributed by atoms with E-state index in [1.807, 2.05) is 18.2 Å². The molecule has 0 unspecified atom stereocenters. The number of furan rings is 1. The van der Waals surface area contributed by atoms with Gasteiger partial charge in [-0.05, 0) is 216 Å². The molecule has 144 heavy (non-hydrogen) atoms. The number of nitrogens with zero attached hydrogens (tertiary/aromatic N) is 6. The van der Waals surface area contributed by atoms with Crippen molar-refractivity contribution in [1.82, 2.24) is 29.9 Å². The number of rotatable bonds is 11. The molecule has 30 rings (SSSR count). The molecule has 0 N–H and O–H groups in total. The van der Waals surface area contributed by atoms with Crippen LogP contribution in [0.3, 0.4) is 0 Å². The Labute approximate surface area is 839 Å². The number of para-hydroxylation sites is 1. The summed E-state index contributed by atoms with van der Waals surface area (Å²) in [5.41, 5.74) is 35.7.